The summed E-state index contributed by atoms with van der Waals surface area (Å²) in [6.07, 6.45) is 0. The molecule has 1 amide bonds. The molecule has 0 unspecified atom stereocenters. The lowest BCUT2D eigenvalue weighted by atomic mass is 10.2. The number of carbonyl (C=O) groups excluding carboxylic acids is 2. The highest BCUT2D eigenvalue weighted by Crippen LogP contribution is 2.26. The predicted octanol–water partition coefficient (Wildman–Crippen LogP) is 2.78. The van der Waals surface area contributed by atoms with Gasteiger partial charge in [0.1, 0.15) is 17.1 Å². The summed E-state index contributed by atoms with van der Waals surface area (Å²) < 4.78 is 31.7. The zero-order chi connectivity index (χ0) is 22.5. The lowest BCUT2D eigenvalue weighted by Crippen LogP contribution is -2.32. The van der Waals surface area contributed by atoms with Crippen LogP contribution in [0.4, 0.5) is 11.4 Å². The topological polar surface area (TPSA) is 145 Å². The van der Waals surface area contributed by atoms with Gasteiger partial charge in [0.15, 0.2) is 6.61 Å². The van der Waals surface area contributed by atoms with Crippen LogP contribution in [-0.4, -0.2) is 38.4 Å². The molecule has 0 radical (unpaired) electrons. The number of hydrogen-bond acceptors (Lipinski definition) is 7. The molecule has 0 heterocycles. The second kappa shape index (κ2) is 9.98. The van der Waals surface area contributed by atoms with Gasteiger partial charge in [-0.25, -0.2) is 8.42 Å². The number of nitrogens with one attached hydrogen (secondary N) is 2. The molecule has 2 rings (SSSR count). The first-order chi connectivity index (χ1) is 14.0. The van der Waals surface area contributed by atoms with E-state index < -0.39 is 40.0 Å². The minimum Gasteiger partial charge on any atom is -0.455 e. The highest BCUT2D eigenvalue weighted by molar-refractivity contribution is 9.10. The quantitative estimate of drug-likeness (QED) is 0.309. The molecule has 2 aromatic carbocycles. The zero-order valence-electron chi connectivity index (χ0n) is 15.3. The van der Waals surface area contributed by atoms with E-state index in [9.17, 15) is 28.1 Å². The second-order valence-electron chi connectivity index (χ2n) is 5.89. The van der Waals surface area contributed by atoms with Gasteiger partial charge in [0.05, 0.1) is 9.95 Å². The van der Waals surface area contributed by atoms with Crippen LogP contribution in [0.5, 0.6) is 0 Å². The minimum atomic E-state index is -4.09. The van der Waals surface area contributed by atoms with Crippen LogP contribution in [0.15, 0.2) is 45.8 Å². The van der Waals surface area contributed by atoms with Crippen molar-refractivity contribution in [1.29, 1.82) is 0 Å². The monoisotopic (exact) mass is 519 g/mol. The number of sulfonamides is 1. The van der Waals surface area contributed by atoms with Crippen LogP contribution in [0.25, 0.3) is 0 Å². The first-order valence-electron chi connectivity index (χ1n) is 8.15. The Labute approximate surface area is 184 Å². The van der Waals surface area contributed by atoms with Gasteiger partial charge in [-0.15, -0.1) is 0 Å². The molecular weight excluding hydrogens is 506 g/mol. The van der Waals surface area contributed by atoms with Gasteiger partial charge in [-0.3, -0.25) is 19.7 Å². The van der Waals surface area contributed by atoms with Gasteiger partial charge in [0, 0.05) is 10.5 Å². The molecule has 0 bridgehead atoms. The summed E-state index contributed by atoms with van der Waals surface area (Å²) in [7, 11) is -4.09. The van der Waals surface area contributed by atoms with Crippen LogP contribution in [-0.2, 0) is 24.3 Å². The first kappa shape index (κ1) is 23.7. The standard InChI is InChI=1S/C17H15BrClN3O7S/c1-10-2-4-13(14(6-10)22(25)26)21-16(23)9-29-17(24)8-20-30(27,28)15-5-3-11(18)7-12(15)19/h2-7,20H,8-9H2,1H3,(H,21,23). The molecule has 2 aromatic rings. The van der Waals surface area contributed by atoms with Crippen LogP contribution in [0.2, 0.25) is 5.02 Å². The number of aryl methyl sites for hydroxylation is 1. The molecule has 0 atom stereocenters. The number of amides is 1. The van der Waals surface area contributed by atoms with E-state index in [2.05, 4.69) is 21.2 Å². The highest BCUT2D eigenvalue weighted by atomic mass is 79.9. The van der Waals surface area contributed by atoms with E-state index in [1.54, 1.807) is 13.0 Å². The van der Waals surface area contributed by atoms with Crippen LogP contribution >= 0.6 is 27.5 Å². The summed E-state index contributed by atoms with van der Waals surface area (Å²) in [6.45, 7) is 0.153. The minimum absolute atomic E-state index is 0.0516. The Balaban J connectivity index is 1.90. The smallest absolute Gasteiger partial charge is 0.321 e. The van der Waals surface area contributed by atoms with Crippen molar-refractivity contribution >= 4 is 60.8 Å². The maximum atomic E-state index is 12.2. The SMILES string of the molecule is Cc1ccc(NC(=O)COC(=O)CNS(=O)(=O)c2ccc(Br)cc2Cl)c([N+](=O)[O-])c1. The van der Waals surface area contributed by atoms with Gasteiger partial charge < -0.3 is 10.1 Å². The zero-order valence-corrected chi connectivity index (χ0v) is 18.5. The van der Waals surface area contributed by atoms with Gasteiger partial charge in [-0.1, -0.05) is 33.6 Å². The van der Waals surface area contributed by atoms with Gasteiger partial charge in [0.2, 0.25) is 10.0 Å². The van der Waals surface area contributed by atoms with Crippen molar-refractivity contribution in [2.75, 3.05) is 18.5 Å². The number of nitro groups is 1. The van der Waals surface area contributed by atoms with E-state index in [1.807, 2.05) is 4.72 Å². The molecule has 0 saturated carbocycles. The predicted molar refractivity (Wildman–Crippen MR) is 112 cm³/mol. The molecule has 10 nitrogen and oxygen atoms in total. The fourth-order valence-corrected chi connectivity index (χ4v) is 4.21. The number of hydrogen-bond donors (Lipinski definition) is 2. The molecular formula is C17H15BrClN3O7S. The van der Waals surface area contributed by atoms with Gasteiger partial charge in [-0.05, 0) is 36.8 Å². The number of anilines is 1. The normalized spacial score (nSPS) is 11.0. The molecule has 30 heavy (non-hydrogen) atoms. The number of carbonyl (C=O) groups is 2. The lowest BCUT2D eigenvalue weighted by Gasteiger charge is -2.09. The molecule has 160 valence electrons. The molecule has 0 aliphatic rings. The average Bonchev–Trinajstić information content (AvgIpc) is 2.65. The molecule has 13 heteroatoms. The Bertz CT molecular complexity index is 1110. The van der Waals surface area contributed by atoms with E-state index in [0.29, 0.717) is 10.0 Å². The summed E-state index contributed by atoms with van der Waals surface area (Å²) in [6, 6.07) is 8.29. The number of nitrogens with zero attached hydrogens (tertiary/aromatic N) is 1. The molecule has 0 aromatic heterocycles. The average molecular weight is 521 g/mol. The van der Waals surface area contributed by atoms with Crippen molar-refractivity contribution in [1.82, 2.24) is 4.72 Å². The third-order valence-corrected chi connectivity index (χ3v) is 5.96. The van der Waals surface area contributed by atoms with Crippen molar-refractivity contribution in [3.63, 3.8) is 0 Å². The van der Waals surface area contributed by atoms with Crippen molar-refractivity contribution < 1.29 is 27.7 Å². The number of benzene rings is 2. The third-order valence-electron chi connectivity index (χ3n) is 3.58. The summed E-state index contributed by atoms with van der Waals surface area (Å²) in [5, 5.41) is 13.3. The van der Waals surface area contributed by atoms with Gasteiger partial charge in [0.25, 0.3) is 11.6 Å². The van der Waals surface area contributed by atoms with E-state index in [0.717, 1.165) is 0 Å². The first-order valence-corrected chi connectivity index (χ1v) is 10.8. The van der Waals surface area contributed by atoms with Crippen LogP contribution in [0.1, 0.15) is 5.56 Å². The van der Waals surface area contributed by atoms with Crippen LogP contribution in [0, 0.1) is 17.0 Å². The Morgan fingerprint density at radius 3 is 2.57 bits per heavy atom. The van der Waals surface area contributed by atoms with Crippen LogP contribution in [0.3, 0.4) is 0 Å². The molecule has 0 fully saturated rings. The fourth-order valence-electron chi connectivity index (χ4n) is 2.21. The van der Waals surface area contributed by atoms with Crippen molar-refractivity contribution in [3.8, 4) is 0 Å². The largest absolute Gasteiger partial charge is 0.455 e. The van der Waals surface area contributed by atoms with Crippen molar-refractivity contribution in [2.45, 2.75) is 11.8 Å². The number of halogens is 2. The van der Waals surface area contributed by atoms with Gasteiger partial charge >= 0.3 is 5.97 Å². The maximum Gasteiger partial charge on any atom is 0.321 e. The lowest BCUT2D eigenvalue weighted by molar-refractivity contribution is -0.384. The number of rotatable bonds is 8. The Kier molecular flexibility index (Phi) is 7.89. The van der Waals surface area contributed by atoms with E-state index in [-0.39, 0.29) is 21.3 Å². The summed E-state index contributed by atoms with van der Waals surface area (Å²) in [4.78, 5) is 33.8. The van der Waals surface area contributed by atoms with Gasteiger partial charge in [-0.2, -0.15) is 4.72 Å². The van der Waals surface area contributed by atoms with Crippen molar-refractivity contribution in [2.24, 2.45) is 0 Å². The molecule has 0 spiro atoms. The van der Waals surface area contributed by atoms with Crippen molar-refractivity contribution in [3.05, 3.63) is 61.6 Å². The molecule has 0 aliphatic carbocycles. The van der Waals surface area contributed by atoms with Crippen LogP contribution < -0.4 is 10.0 Å². The molecule has 0 saturated heterocycles. The second-order valence-corrected chi connectivity index (χ2v) is 8.94. The number of ether oxygens (including phenoxy) is 1. The Hall–Kier alpha value is -2.54. The fraction of sp³-hybridized carbons (Fsp3) is 0.176. The van der Waals surface area contributed by atoms with E-state index in [1.165, 1.54) is 30.3 Å². The molecule has 0 aliphatic heterocycles. The summed E-state index contributed by atoms with van der Waals surface area (Å²) >= 11 is 9.04. The summed E-state index contributed by atoms with van der Waals surface area (Å²) in [5.74, 6) is -1.85. The third kappa shape index (κ3) is 6.49. The maximum absolute atomic E-state index is 12.2. The number of esters is 1. The Morgan fingerprint density at radius 2 is 1.93 bits per heavy atom. The Morgan fingerprint density at radius 1 is 1.23 bits per heavy atom. The summed E-state index contributed by atoms with van der Waals surface area (Å²) in [5.41, 5.74) is 0.260. The number of nitro benzene ring substituents is 1. The molecule has 2 N–H and O–H groups in total. The van der Waals surface area contributed by atoms with E-state index >= 15 is 0 Å². The highest BCUT2D eigenvalue weighted by Gasteiger charge is 2.20. The van der Waals surface area contributed by atoms with E-state index in [4.69, 9.17) is 16.3 Å².